The molecule has 104 valence electrons. The molecule has 0 aliphatic carbocycles. The van der Waals surface area contributed by atoms with Gasteiger partial charge in [-0.1, -0.05) is 12.1 Å². The van der Waals surface area contributed by atoms with Crippen molar-refractivity contribution in [3.8, 4) is 0 Å². The van der Waals surface area contributed by atoms with Gasteiger partial charge in [0.15, 0.2) is 0 Å². The first-order valence-electron chi connectivity index (χ1n) is 7.05. The van der Waals surface area contributed by atoms with E-state index < -0.39 is 0 Å². The maximum Gasteiger partial charge on any atom is 0.123 e. The molecule has 2 nitrogen and oxygen atoms in total. The van der Waals surface area contributed by atoms with E-state index in [2.05, 4.69) is 28.4 Å². The zero-order chi connectivity index (χ0) is 13.9. The molecule has 3 heteroatoms. The third-order valence-corrected chi connectivity index (χ3v) is 3.87. The van der Waals surface area contributed by atoms with E-state index in [1.807, 2.05) is 19.2 Å². The van der Waals surface area contributed by atoms with Gasteiger partial charge in [-0.25, -0.2) is 4.39 Å². The first-order valence-corrected chi connectivity index (χ1v) is 7.05. The van der Waals surface area contributed by atoms with E-state index >= 15 is 0 Å². The summed E-state index contributed by atoms with van der Waals surface area (Å²) < 4.78 is 13.0. The minimum absolute atomic E-state index is 0.191. The number of anilines is 2. The lowest BCUT2D eigenvalue weighted by atomic mass is 9.97. The van der Waals surface area contributed by atoms with Crippen molar-refractivity contribution in [1.82, 2.24) is 0 Å². The van der Waals surface area contributed by atoms with Crippen molar-refractivity contribution in [2.24, 2.45) is 0 Å². The zero-order valence-corrected chi connectivity index (χ0v) is 11.7. The molecule has 1 aliphatic rings. The largest absolute Gasteiger partial charge is 0.385 e. The Bertz CT molecular complexity index is 592. The van der Waals surface area contributed by atoms with Crippen molar-refractivity contribution in [2.45, 2.75) is 19.4 Å². The molecule has 0 bridgehead atoms. The fraction of sp³-hybridized carbons (Fsp3) is 0.294. The minimum atomic E-state index is -0.191. The third kappa shape index (κ3) is 2.62. The lowest BCUT2D eigenvalue weighted by molar-refractivity contribution is 0.627. The van der Waals surface area contributed by atoms with Gasteiger partial charge >= 0.3 is 0 Å². The van der Waals surface area contributed by atoms with Gasteiger partial charge in [0.2, 0.25) is 0 Å². The normalized spacial score (nSPS) is 13.5. The molecule has 0 atom stereocenters. The SMILES string of the molecule is CN(Cc1cccc2c1CCCN2)c1ccc(F)cc1. The number of rotatable bonds is 3. The van der Waals surface area contributed by atoms with Gasteiger partial charge in [-0.2, -0.15) is 0 Å². The fourth-order valence-corrected chi connectivity index (χ4v) is 2.77. The molecular weight excluding hydrogens is 251 g/mol. The quantitative estimate of drug-likeness (QED) is 0.912. The Morgan fingerprint density at radius 2 is 1.95 bits per heavy atom. The van der Waals surface area contributed by atoms with Crippen molar-refractivity contribution in [1.29, 1.82) is 0 Å². The Morgan fingerprint density at radius 1 is 1.15 bits per heavy atom. The third-order valence-electron chi connectivity index (χ3n) is 3.87. The number of fused-ring (bicyclic) bond motifs is 1. The minimum Gasteiger partial charge on any atom is -0.385 e. The van der Waals surface area contributed by atoms with Crippen LogP contribution in [0.5, 0.6) is 0 Å². The van der Waals surface area contributed by atoms with E-state index in [-0.39, 0.29) is 5.82 Å². The van der Waals surface area contributed by atoms with Crippen molar-refractivity contribution < 1.29 is 4.39 Å². The smallest absolute Gasteiger partial charge is 0.123 e. The molecule has 0 amide bonds. The molecule has 0 saturated carbocycles. The highest BCUT2D eigenvalue weighted by Crippen LogP contribution is 2.27. The molecule has 0 aromatic heterocycles. The first-order chi connectivity index (χ1) is 9.74. The molecule has 2 aromatic carbocycles. The number of nitrogens with zero attached hydrogens (tertiary/aromatic N) is 1. The van der Waals surface area contributed by atoms with Gasteiger partial charge in [-0.15, -0.1) is 0 Å². The Labute approximate surface area is 119 Å². The van der Waals surface area contributed by atoms with Crippen molar-refractivity contribution in [3.63, 3.8) is 0 Å². The summed E-state index contributed by atoms with van der Waals surface area (Å²) in [7, 11) is 2.04. The zero-order valence-electron chi connectivity index (χ0n) is 11.7. The summed E-state index contributed by atoms with van der Waals surface area (Å²) in [6.07, 6.45) is 2.32. The molecule has 0 spiro atoms. The van der Waals surface area contributed by atoms with Gasteiger partial charge in [-0.3, -0.25) is 0 Å². The van der Waals surface area contributed by atoms with Crippen LogP contribution in [0.1, 0.15) is 17.5 Å². The van der Waals surface area contributed by atoms with Gasteiger partial charge in [0, 0.05) is 31.5 Å². The second-order valence-corrected chi connectivity index (χ2v) is 5.31. The van der Waals surface area contributed by atoms with Gasteiger partial charge in [0.25, 0.3) is 0 Å². The van der Waals surface area contributed by atoms with Gasteiger partial charge < -0.3 is 10.2 Å². The molecule has 0 saturated heterocycles. The van der Waals surface area contributed by atoms with Crippen molar-refractivity contribution >= 4 is 11.4 Å². The van der Waals surface area contributed by atoms with E-state index in [0.29, 0.717) is 0 Å². The summed E-state index contributed by atoms with van der Waals surface area (Å²) in [5.41, 5.74) is 5.07. The van der Waals surface area contributed by atoms with Crippen LogP contribution < -0.4 is 10.2 Å². The molecule has 0 unspecified atom stereocenters. The van der Waals surface area contributed by atoms with Crippen molar-refractivity contribution in [3.05, 3.63) is 59.4 Å². The van der Waals surface area contributed by atoms with E-state index in [1.165, 1.54) is 35.4 Å². The molecule has 1 heterocycles. The van der Waals surface area contributed by atoms with Crippen LogP contribution in [0.3, 0.4) is 0 Å². The summed E-state index contributed by atoms with van der Waals surface area (Å²) in [5.74, 6) is -0.191. The summed E-state index contributed by atoms with van der Waals surface area (Å²) in [6.45, 7) is 1.90. The Kier molecular flexibility index (Phi) is 3.59. The van der Waals surface area contributed by atoms with E-state index in [0.717, 1.165) is 25.2 Å². The Balaban J connectivity index is 1.82. The number of hydrogen-bond acceptors (Lipinski definition) is 2. The Morgan fingerprint density at radius 3 is 2.75 bits per heavy atom. The molecule has 0 fully saturated rings. The lowest BCUT2D eigenvalue weighted by Crippen LogP contribution is -2.20. The van der Waals surface area contributed by atoms with E-state index in [9.17, 15) is 4.39 Å². The second-order valence-electron chi connectivity index (χ2n) is 5.31. The maximum atomic E-state index is 13.0. The lowest BCUT2D eigenvalue weighted by Gasteiger charge is -2.25. The summed E-state index contributed by atoms with van der Waals surface area (Å²) in [5, 5.41) is 3.46. The predicted octanol–water partition coefficient (Wildman–Crippen LogP) is 3.82. The fourth-order valence-electron chi connectivity index (χ4n) is 2.77. The predicted molar refractivity (Wildman–Crippen MR) is 81.8 cm³/mol. The summed E-state index contributed by atoms with van der Waals surface area (Å²) in [4.78, 5) is 2.16. The summed E-state index contributed by atoms with van der Waals surface area (Å²) >= 11 is 0. The average Bonchev–Trinajstić information content (AvgIpc) is 2.48. The average molecular weight is 270 g/mol. The van der Waals surface area contributed by atoms with Crippen LogP contribution in [0, 0.1) is 5.82 Å². The monoisotopic (exact) mass is 270 g/mol. The molecule has 1 N–H and O–H groups in total. The summed E-state index contributed by atoms with van der Waals surface area (Å²) in [6, 6.07) is 13.1. The van der Waals surface area contributed by atoms with Crippen LogP contribution in [0.2, 0.25) is 0 Å². The highest BCUT2D eigenvalue weighted by molar-refractivity contribution is 5.57. The first kappa shape index (κ1) is 13.0. The topological polar surface area (TPSA) is 15.3 Å². The van der Waals surface area contributed by atoms with Crippen LogP contribution >= 0.6 is 0 Å². The maximum absolute atomic E-state index is 13.0. The van der Waals surface area contributed by atoms with Gasteiger partial charge in [0.1, 0.15) is 5.82 Å². The van der Waals surface area contributed by atoms with Crippen LogP contribution in [-0.4, -0.2) is 13.6 Å². The number of halogens is 1. The van der Waals surface area contributed by atoms with Crippen LogP contribution in [0.4, 0.5) is 15.8 Å². The molecule has 0 radical (unpaired) electrons. The van der Waals surface area contributed by atoms with Gasteiger partial charge in [-0.05, 0) is 54.3 Å². The molecule has 20 heavy (non-hydrogen) atoms. The standard InChI is InChI=1S/C17H19FN2/c1-20(15-9-7-14(18)8-10-15)12-13-4-2-6-17-16(13)5-3-11-19-17/h2,4,6-10,19H,3,5,11-12H2,1H3. The van der Waals surface area contributed by atoms with E-state index in [1.54, 1.807) is 0 Å². The van der Waals surface area contributed by atoms with Crippen LogP contribution in [0.15, 0.2) is 42.5 Å². The molecule has 2 aromatic rings. The highest BCUT2D eigenvalue weighted by Gasteiger charge is 2.13. The number of nitrogens with one attached hydrogen (secondary N) is 1. The van der Waals surface area contributed by atoms with E-state index in [4.69, 9.17) is 0 Å². The highest BCUT2D eigenvalue weighted by atomic mass is 19.1. The van der Waals surface area contributed by atoms with Crippen LogP contribution in [0.25, 0.3) is 0 Å². The molecule has 3 rings (SSSR count). The van der Waals surface area contributed by atoms with Crippen LogP contribution in [-0.2, 0) is 13.0 Å². The number of benzene rings is 2. The second kappa shape index (κ2) is 5.53. The number of hydrogen-bond donors (Lipinski definition) is 1. The van der Waals surface area contributed by atoms with Gasteiger partial charge in [0.05, 0.1) is 0 Å². The Hall–Kier alpha value is -2.03. The van der Waals surface area contributed by atoms with Crippen molar-refractivity contribution in [2.75, 3.05) is 23.8 Å². The molecular formula is C17H19FN2. The molecule has 1 aliphatic heterocycles.